The zero-order valence-corrected chi connectivity index (χ0v) is 9.13. The SMILES string of the molecule is O=C(O)CC(OC1CCC1)c1ccccc1. The molecule has 0 aromatic heterocycles. The topological polar surface area (TPSA) is 46.5 Å². The van der Waals surface area contributed by atoms with Gasteiger partial charge in [0.25, 0.3) is 0 Å². The van der Waals surface area contributed by atoms with Crippen molar-refractivity contribution in [1.82, 2.24) is 0 Å². The maximum absolute atomic E-state index is 10.8. The molecule has 3 nitrogen and oxygen atoms in total. The van der Waals surface area contributed by atoms with Crippen LogP contribution in [-0.4, -0.2) is 17.2 Å². The number of carboxylic acids is 1. The van der Waals surface area contributed by atoms with Crippen LogP contribution >= 0.6 is 0 Å². The minimum atomic E-state index is -0.812. The van der Waals surface area contributed by atoms with Gasteiger partial charge in [0.2, 0.25) is 0 Å². The summed E-state index contributed by atoms with van der Waals surface area (Å²) in [6, 6.07) is 9.59. The number of hydrogen-bond acceptors (Lipinski definition) is 2. The number of ether oxygens (including phenoxy) is 1. The molecule has 0 spiro atoms. The lowest BCUT2D eigenvalue weighted by atomic mass is 9.95. The summed E-state index contributed by atoms with van der Waals surface area (Å²) in [5.74, 6) is -0.812. The summed E-state index contributed by atoms with van der Waals surface area (Å²) in [5.41, 5.74) is 0.955. The van der Waals surface area contributed by atoms with Crippen molar-refractivity contribution >= 4 is 5.97 Å². The van der Waals surface area contributed by atoms with Crippen molar-refractivity contribution in [3.63, 3.8) is 0 Å². The molecular formula is C13H16O3. The number of carboxylic acid groups (broad SMARTS) is 1. The van der Waals surface area contributed by atoms with Crippen molar-refractivity contribution in [2.24, 2.45) is 0 Å². The average molecular weight is 220 g/mol. The first-order chi connectivity index (χ1) is 7.75. The quantitative estimate of drug-likeness (QED) is 0.830. The Balaban J connectivity index is 2.04. The fourth-order valence-corrected chi connectivity index (χ4v) is 1.81. The number of carbonyl (C=O) groups is 1. The van der Waals surface area contributed by atoms with E-state index < -0.39 is 5.97 Å². The minimum absolute atomic E-state index is 0.0422. The molecule has 1 unspecified atom stereocenters. The fourth-order valence-electron chi connectivity index (χ4n) is 1.81. The zero-order chi connectivity index (χ0) is 11.4. The molecule has 0 aliphatic heterocycles. The lowest BCUT2D eigenvalue weighted by molar-refractivity contribution is -0.143. The molecule has 1 atom stereocenters. The highest BCUT2D eigenvalue weighted by Gasteiger charge is 2.24. The third kappa shape index (κ3) is 2.83. The van der Waals surface area contributed by atoms with E-state index in [1.54, 1.807) is 0 Å². The smallest absolute Gasteiger partial charge is 0.306 e. The Morgan fingerprint density at radius 3 is 2.56 bits per heavy atom. The van der Waals surface area contributed by atoms with Gasteiger partial charge < -0.3 is 9.84 Å². The van der Waals surface area contributed by atoms with Crippen molar-refractivity contribution in [3.05, 3.63) is 35.9 Å². The Bertz CT molecular complexity index is 343. The Labute approximate surface area is 95.0 Å². The summed E-state index contributed by atoms with van der Waals surface area (Å²) < 4.78 is 5.80. The lowest BCUT2D eigenvalue weighted by Gasteiger charge is -2.30. The van der Waals surface area contributed by atoms with E-state index >= 15 is 0 Å². The number of aliphatic carboxylic acids is 1. The molecule has 0 heterocycles. The number of hydrogen-bond donors (Lipinski definition) is 1. The van der Waals surface area contributed by atoms with Crippen molar-refractivity contribution in [3.8, 4) is 0 Å². The van der Waals surface area contributed by atoms with Crippen molar-refractivity contribution in [1.29, 1.82) is 0 Å². The molecule has 1 aliphatic rings. The standard InChI is InChI=1S/C13H16O3/c14-13(15)9-12(16-11-7-4-8-11)10-5-2-1-3-6-10/h1-3,5-6,11-12H,4,7-9H2,(H,14,15). The first-order valence-electron chi connectivity index (χ1n) is 5.68. The van der Waals surface area contributed by atoms with E-state index in [9.17, 15) is 4.79 Å². The van der Waals surface area contributed by atoms with E-state index in [2.05, 4.69) is 0 Å². The summed E-state index contributed by atoms with van der Waals surface area (Å²) in [4.78, 5) is 10.8. The molecule has 16 heavy (non-hydrogen) atoms. The summed E-state index contributed by atoms with van der Waals surface area (Å²) in [6.07, 6.45) is 3.31. The predicted molar refractivity (Wildman–Crippen MR) is 60.2 cm³/mol. The van der Waals surface area contributed by atoms with E-state index in [0.717, 1.165) is 18.4 Å². The molecule has 1 aromatic rings. The van der Waals surface area contributed by atoms with E-state index in [1.807, 2.05) is 30.3 Å². The van der Waals surface area contributed by atoms with Crippen molar-refractivity contribution in [2.45, 2.75) is 37.9 Å². The third-order valence-electron chi connectivity index (χ3n) is 2.94. The van der Waals surface area contributed by atoms with Gasteiger partial charge in [0.1, 0.15) is 0 Å². The fraction of sp³-hybridized carbons (Fsp3) is 0.462. The van der Waals surface area contributed by atoms with Crippen LogP contribution in [0.5, 0.6) is 0 Å². The van der Waals surface area contributed by atoms with Gasteiger partial charge in [-0.15, -0.1) is 0 Å². The Kier molecular flexibility index (Phi) is 3.57. The Morgan fingerprint density at radius 1 is 1.38 bits per heavy atom. The summed E-state index contributed by atoms with van der Waals surface area (Å²) in [7, 11) is 0. The van der Waals surface area contributed by atoms with E-state index in [0.29, 0.717) is 0 Å². The number of benzene rings is 1. The van der Waals surface area contributed by atoms with Gasteiger partial charge in [-0.25, -0.2) is 0 Å². The van der Waals surface area contributed by atoms with E-state index in [4.69, 9.17) is 9.84 Å². The largest absolute Gasteiger partial charge is 0.481 e. The summed E-state index contributed by atoms with van der Waals surface area (Å²) >= 11 is 0. The molecule has 86 valence electrons. The van der Waals surface area contributed by atoms with Gasteiger partial charge in [-0.3, -0.25) is 4.79 Å². The molecule has 0 amide bonds. The highest BCUT2D eigenvalue weighted by molar-refractivity contribution is 5.67. The summed E-state index contributed by atoms with van der Waals surface area (Å²) in [6.45, 7) is 0. The van der Waals surface area contributed by atoms with Crippen LogP contribution in [0.4, 0.5) is 0 Å². The maximum atomic E-state index is 10.8. The normalized spacial score (nSPS) is 17.8. The lowest BCUT2D eigenvalue weighted by Crippen LogP contribution is -2.25. The monoisotopic (exact) mass is 220 g/mol. The van der Waals surface area contributed by atoms with Gasteiger partial charge in [-0.1, -0.05) is 30.3 Å². The van der Waals surface area contributed by atoms with E-state index in [1.165, 1.54) is 6.42 Å². The predicted octanol–water partition coefficient (Wildman–Crippen LogP) is 2.77. The van der Waals surface area contributed by atoms with Gasteiger partial charge in [-0.2, -0.15) is 0 Å². The highest BCUT2D eigenvalue weighted by Crippen LogP contribution is 2.30. The maximum Gasteiger partial charge on any atom is 0.306 e. The van der Waals surface area contributed by atoms with Crippen LogP contribution in [0.1, 0.15) is 37.4 Å². The molecule has 3 heteroatoms. The Hall–Kier alpha value is -1.35. The van der Waals surface area contributed by atoms with Crippen LogP contribution in [0.2, 0.25) is 0 Å². The first-order valence-corrected chi connectivity index (χ1v) is 5.68. The molecule has 1 aliphatic carbocycles. The van der Waals surface area contributed by atoms with Crippen LogP contribution in [0.3, 0.4) is 0 Å². The molecule has 1 saturated carbocycles. The molecular weight excluding hydrogens is 204 g/mol. The van der Waals surface area contributed by atoms with Crippen LogP contribution in [0.15, 0.2) is 30.3 Å². The zero-order valence-electron chi connectivity index (χ0n) is 9.13. The molecule has 1 fully saturated rings. The van der Waals surface area contributed by atoms with Crippen molar-refractivity contribution < 1.29 is 14.6 Å². The molecule has 2 rings (SSSR count). The average Bonchev–Trinajstić information content (AvgIpc) is 2.22. The molecule has 0 saturated heterocycles. The molecule has 0 bridgehead atoms. The van der Waals surface area contributed by atoms with Crippen LogP contribution in [0, 0.1) is 0 Å². The molecule has 0 radical (unpaired) electrons. The van der Waals surface area contributed by atoms with Gasteiger partial charge in [-0.05, 0) is 24.8 Å². The summed E-state index contributed by atoms with van der Waals surface area (Å²) in [5, 5.41) is 8.87. The van der Waals surface area contributed by atoms with Crippen molar-refractivity contribution in [2.75, 3.05) is 0 Å². The third-order valence-corrected chi connectivity index (χ3v) is 2.94. The van der Waals surface area contributed by atoms with Crippen LogP contribution in [0.25, 0.3) is 0 Å². The highest BCUT2D eigenvalue weighted by atomic mass is 16.5. The van der Waals surface area contributed by atoms with E-state index in [-0.39, 0.29) is 18.6 Å². The first kappa shape index (κ1) is 11.1. The van der Waals surface area contributed by atoms with Gasteiger partial charge in [0, 0.05) is 0 Å². The number of rotatable bonds is 5. The molecule has 1 aromatic carbocycles. The van der Waals surface area contributed by atoms with Gasteiger partial charge >= 0.3 is 5.97 Å². The second-order valence-corrected chi connectivity index (χ2v) is 4.19. The van der Waals surface area contributed by atoms with Crippen LogP contribution in [-0.2, 0) is 9.53 Å². The van der Waals surface area contributed by atoms with Crippen LogP contribution < -0.4 is 0 Å². The van der Waals surface area contributed by atoms with Gasteiger partial charge in [0.05, 0.1) is 18.6 Å². The Morgan fingerprint density at radius 2 is 2.06 bits per heavy atom. The van der Waals surface area contributed by atoms with Gasteiger partial charge in [0.15, 0.2) is 0 Å². The molecule has 1 N–H and O–H groups in total. The minimum Gasteiger partial charge on any atom is -0.481 e. The second-order valence-electron chi connectivity index (χ2n) is 4.19. The second kappa shape index (κ2) is 5.12.